The van der Waals surface area contributed by atoms with Crippen LogP contribution in [0.5, 0.6) is 0 Å². The predicted molar refractivity (Wildman–Crippen MR) is 112 cm³/mol. The maximum absolute atomic E-state index is 13.0. The van der Waals surface area contributed by atoms with Crippen molar-refractivity contribution >= 4 is 29.3 Å². The third-order valence-corrected chi connectivity index (χ3v) is 5.92. The van der Waals surface area contributed by atoms with E-state index in [2.05, 4.69) is 5.32 Å². The number of benzene rings is 3. The van der Waals surface area contributed by atoms with Crippen molar-refractivity contribution in [2.75, 3.05) is 11.4 Å². The number of nitrogens with zero attached hydrogens (tertiary/aromatic N) is 1. The van der Waals surface area contributed by atoms with E-state index in [0.717, 1.165) is 21.0 Å². The van der Waals surface area contributed by atoms with Gasteiger partial charge in [-0.2, -0.15) is 0 Å². The molecule has 1 aliphatic rings. The molecule has 0 saturated heterocycles. The molecular formula is C23H19FN2O2S. The molecule has 0 spiro atoms. The zero-order chi connectivity index (χ0) is 20.4. The minimum atomic E-state index is -0.311. The quantitative estimate of drug-likeness (QED) is 0.671. The molecule has 0 atom stereocenters. The molecule has 1 N–H and O–H groups in total. The van der Waals surface area contributed by atoms with Gasteiger partial charge in [-0.05, 0) is 55.0 Å². The fraction of sp³-hybridized carbons (Fsp3) is 0.130. The van der Waals surface area contributed by atoms with Crippen molar-refractivity contribution in [3.63, 3.8) is 0 Å². The number of amides is 2. The normalized spacial score (nSPS) is 12.8. The molecule has 4 rings (SSSR count). The van der Waals surface area contributed by atoms with Gasteiger partial charge in [-0.1, -0.05) is 36.0 Å². The van der Waals surface area contributed by atoms with Crippen LogP contribution in [0.2, 0.25) is 0 Å². The van der Waals surface area contributed by atoms with Crippen molar-refractivity contribution in [2.24, 2.45) is 0 Å². The summed E-state index contributed by atoms with van der Waals surface area (Å²) in [6.45, 7) is 2.72. The third-order valence-electron chi connectivity index (χ3n) is 4.78. The lowest BCUT2D eigenvalue weighted by atomic mass is 10.1. The summed E-state index contributed by atoms with van der Waals surface area (Å²) in [4.78, 5) is 29.2. The van der Waals surface area contributed by atoms with Crippen LogP contribution in [0.4, 0.5) is 10.1 Å². The van der Waals surface area contributed by atoms with E-state index in [4.69, 9.17) is 0 Å². The van der Waals surface area contributed by atoms with E-state index in [-0.39, 0.29) is 17.6 Å². The maximum Gasteiger partial charge on any atom is 0.259 e. The number of anilines is 1. The fourth-order valence-electron chi connectivity index (χ4n) is 3.26. The van der Waals surface area contributed by atoms with Crippen molar-refractivity contribution < 1.29 is 14.0 Å². The van der Waals surface area contributed by atoms with Crippen molar-refractivity contribution in [2.45, 2.75) is 23.3 Å². The predicted octanol–water partition coefficient (Wildman–Crippen LogP) is 4.89. The molecule has 2 amide bonds. The van der Waals surface area contributed by atoms with Crippen molar-refractivity contribution in [3.05, 3.63) is 89.2 Å². The highest BCUT2D eigenvalue weighted by Gasteiger charge is 2.26. The van der Waals surface area contributed by atoms with Gasteiger partial charge in [-0.15, -0.1) is 0 Å². The molecule has 0 aromatic heterocycles. The smallest absolute Gasteiger partial charge is 0.259 e. The first-order chi connectivity index (χ1) is 14.1. The molecule has 6 heteroatoms. The lowest BCUT2D eigenvalue weighted by Gasteiger charge is -2.21. The van der Waals surface area contributed by atoms with Crippen LogP contribution in [0.1, 0.15) is 33.2 Å². The van der Waals surface area contributed by atoms with E-state index in [0.29, 0.717) is 24.2 Å². The summed E-state index contributed by atoms with van der Waals surface area (Å²) in [6, 6.07) is 18.9. The Morgan fingerprint density at radius 1 is 1.03 bits per heavy atom. The number of hydrogen-bond donors (Lipinski definition) is 1. The monoisotopic (exact) mass is 406 g/mol. The van der Waals surface area contributed by atoms with Crippen LogP contribution < -0.4 is 10.2 Å². The molecule has 4 nitrogen and oxygen atoms in total. The van der Waals surface area contributed by atoms with E-state index >= 15 is 0 Å². The van der Waals surface area contributed by atoms with E-state index in [1.807, 2.05) is 37.3 Å². The number of rotatable bonds is 4. The van der Waals surface area contributed by atoms with Crippen LogP contribution >= 0.6 is 11.8 Å². The van der Waals surface area contributed by atoms with Crippen molar-refractivity contribution in [1.82, 2.24) is 5.32 Å². The molecule has 3 aromatic carbocycles. The SMILES string of the molecule is CCN1C(=O)c2ccccc2Sc2ccc(C(=O)NCc3ccc(F)cc3)cc21. The van der Waals surface area contributed by atoms with Crippen molar-refractivity contribution in [1.29, 1.82) is 0 Å². The first-order valence-electron chi connectivity index (χ1n) is 9.32. The Morgan fingerprint density at radius 2 is 1.79 bits per heavy atom. The van der Waals surface area contributed by atoms with Crippen LogP contribution in [-0.4, -0.2) is 18.4 Å². The van der Waals surface area contributed by atoms with Gasteiger partial charge in [-0.3, -0.25) is 9.59 Å². The average Bonchev–Trinajstić information content (AvgIpc) is 2.86. The van der Waals surface area contributed by atoms with E-state index < -0.39 is 0 Å². The molecule has 0 saturated carbocycles. The van der Waals surface area contributed by atoms with Crippen LogP contribution in [-0.2, 0) is 6.54 Å². The minimum Gasteiger partial charge on any atom is -0.348 e. The standard InChI is InChI=1S/C23H19FN2O2S/c1-2-26-19-13-16(22(27)25-14-15-7-10-17(24)11-8-15)9-12-21(19)29-20-6-4-3-5-18(20)23(26)28/h3-13H,2,14H2,1H3,(H,25,27). The highest BCUT2D eigenvalue weighted by Crippen LogP contribution is 2.41. The molecule has 3 aromatic rings. The largest absolute Gasteiger partial charge is 0.348 e. The first kappa shape index (κ1) is 19.2. The third kappa shape index (κ3) is 3.89. The Morgan fingerprint density at radius 3 is 2.55 bits per heavy atom. The van der Waals surface area contributed by atoms with Gasteiger partial charge < -0.3 is 10.2 Å². The number of nitrogens with one attached hydrogen (secondary N) is 1. The minimum absolute atomic E-state index is 0.0711. The van der Waals surface area contributed by atoms with E-state index in [1.165, 1.54) is 23.9 Å². The molecule has 29 heavy (non-hydrogen) atoms. The highest BCUT2D eigenvalue weighted by atomic mass is 32.2. The Kier molecular flexibility index (Phi) is 5.36. The second-order valence-electron chi connectivity index (χ2n) is 6.64. The molecule has 0 radical (unpaired) electrons. The molecule has 0 fully saturated rings. The number of carbonyl (C=O) groups is 2. The van der Waals surface area contributed by atoms with Gasteiger partial charge >= 0.3 is 0 Å². The lowest BCUT2D eigenvalue weighted by Crippen LogP contribution is -2.31. The zero-order valence-corrected chi connectivity index (χ0v) is 16.6. The Bertz CT molecular complexity index is 1080. The first-order valence-corrected chi connectivity index (χ1v) is 10.1. The molecule has 0 unspecified atom stereocenters. The van der Waals surface area contributed by atoms with Crippen LogP contribution in [0.25, 0.3) is 0 Å². The van der Waals surface area contributed by atoms with Crippen LogP contribution in [0.15, 0.2) is 76.5 Å². The van der Waals surface area contributed by atoms with E-state index in [1.54, 1.807) is 29.2 Å². The van der Waals surface area contributed by atoms with Gasteiger partial charge in [0.15, 0.2) is 0 Å². The zero-order valence-electron chi connectivity index (χ0n) is 15.8. The highest BCUT2D eigenvalue weighted by molar-refractivity contribution is 7.99. The number of fused-ring (bicyclic) bond motifs is 2. The van der Waals surface area contributed by atoms with Gasteiger partial charge in [0.1, 0.15) is 5.82 Å². The lowest BCUT2D eigenvalue weighted by molar-refractivity contribution is 0.0947. The summed E-state index contributed by atoms with van der Waals surface area (Å²) in [5.41, 5.74) is 2.68. The van der Waals surface area contributed by atoms with E-state index in [9.17, 15) is 14.0 Å². The summed E-state index contributed by atoms with van der Waals surface area (Å²) >= 11 is 1.53. The van der Waals surface area contributed by atoms with Gasteiger partial charge in [0, 0.05) is 28.4 Å². The number of halogens is 1. The second kappa shape index (κ2) is 8.09. The molecular weight excluding hydrogens is 387 g/mol. The Labute approximate surface area is 172 Å². The Balaban J connectivity index is 1.60. The molecule has 0 aliphatic carbocycles. The van der Waals surface area contributed by atoms with Gasteiger partial charge in [0.2, 0.25) is 0 Å². The molecule has 146 valence electrons. The summed E-state index contributed by atoms with van der Waals surface area (Å²) in [5, 5.41) is 2.85. The van der Waals surface area contributed by atoms with Gasteiger partial charge in [0.05, 0.1) is 11.3 Å². The maximum atomic E-state index is 13.0. The average molecular weight is 406 g/mol. The number of carbonyl (C=O) groups excluding carboxylic acids is 2. The van der Waals surface area contributed by atoms with Gasteiger partial charge in [0.25, 0.3) is 11.8 Å². The summed E-state index contributed by atoms with van der Waals surface area (Å²) in [5.74, 6) is -0.626. The fourth-order valence-corrected chi connectivity index (χ4v) is 4.32. The topological polar surface area (TPSA) is 49.4 Å². The Hall–Kier alpha value is -3.12. The second-order valence-corrected chi connectivity index (χ2v) is 7.72. The van der Waals surface area contributed by atoms with Crippen LogP contribution in [0, 0.1) is 5.82 Å². The molecule has 1 aliphatic heterocycles. The number of hydrogen-bond acceptors (Lipinski definition) is 3. The van der Waals surface area contributed by atoms with Gasteiger partial charge in [-0.25, -0.2) is 4.39 Å². The molecule has 0 bridgehead atoms. The molecule has 1 heterocycles. The summed E-state index contributed by atoms with van der Waals surface area (Å²) in [7, 11) is 0. The summed E-state index contributed by atoms with van der Waals surface area (Å²) < 4.78 is 13.0. The van der Waals surface area contributed by atoms with Crippen LogP contribution in [0.3, 0.4) is 0 Å². The summed E-state index contributed by atoms with van der Waals surface area (Å²) in [6.07, 6.45) is 0. The van der Waals surface area contributed by atoms with Crippen molar-refractivity contribution in [3.8, 4) is 0 Å².